The summed E-state index contributed by atoms with van der Waals surface area (Å²) in [7, 11) is 0. The van der Waals surface area contributed by atoms with Gasteiger partial charge in [-0.15, -0.1) is 0 Å². The molecule has 24 heavy (non-hydrogen) atoms. The van der Waals surface area contributed by atoms with Crippen LogP contribution >= 0.6 is 0 Å². The van der Waals surface area contributed by atoms with E-state index in [1.54, 1.807) is 9.80 Å². The van der Waals surface area contributed by atoms with Gasteiger partial charge in [0.2, 0.25) is 11.8 Å². The summed E-state index contributed by atoms with van der Waals surface area (Å²) >= 11 is 0. The highest BCUT2D eigenvalue weighted by Gasteiger charge is 2.35. The lowest BCUT2D eigenvalue weighted by molar-refractivity contribution is -0.149. The fourth-order valence-electron chi connectivity index (χ4n) is 4.28. The first kappa shape index (κ1) is 17.6. The number of halogens is 2. The van der Waals surface area contributed by atoms with Gasteiger partial charge in [0.1, 0.15) is 12.3 Å². The van der Waals surface area contributed by atoms with E-state index in [2.05, 4.69) is 0 Å². The van der Waals surface area contributed by atoms with E-state index >= 15 is 0 Å². The Hall–Kier alpha value is -1.20. The molecule has 0 bridgehead atoms. The number of hydrogen-bond donors (Lipinski definition) is 0. The van der Waals surface area contributed by atoms with Crippen molar-refractivity contribution in [1.29, 1.82) is 0 Å². The van der Waals surface area contributed by atoms with Crippen molar-refractivity contribution in [3.05, 3.63) is 0 Å². The maximum absolute atomic E-state index is 13.3. The monoisotopic (exact) mass is 342 g/mol. The molecule has 0 aromatic carbocycles. The first-order chi connectivity index (χ1) is 11.5. The normalized spacial score (nSPS) is 34.9. The Balaban J connectivity index is 1.54. The number of carbonyl (C=O) groups excluding carboxylic acids is 2. The molecule has 0 unspecified atom stereocenters. The van der Waals surface area contributed by atoms with Crippen LogP contribution in [0.2, 0.25) is 0 Å². The molecule has 0 N–H and O–H groups in total. The maximum atomic E-state index is 13.3. The number of amides is 2. The zero-order valence-corrected chi connectivity index (χ0v) is 14.3. The van der Waals surface area contributed by atoms with E-state index in [1.165, 1.54) is 0 Å². The molecule has 0 aromatic heterocycles. The highest BCUT2D eigenvalue weighted by molar-refractivity contribution is 5.82. The van der Waals surface area contributed by atoms with Gasteiger partial charge in [0, 0.05) is 24.9 Å². The Bertz CT molecular complexity index is 418. The molecule has 0 spiro atoms. The second kappa shape index (κ2) is 7.79. The minimum Gasteiger partial charge on any atom is -0.325 e. The molecule has 3 rings (SSSR count). The number of rotatable bonds is 2. The molecule has 4 nitrogen and oxygen atoms in total. The van der Waals surface area contributed by atoms with Crippen LogP contribution in [0.5, 0.6) is 0 Å². The molecular weight excluding hydrogens is 314 g/mol. The van der Waals surface area contributed by atoms with Crippen LogP contribution in [0, 0.1) is 11.8 Å². The van der Waals surface area contributed by atoms with Crippen molar-refractivity contribution in [2.24, 2.45) is 11.8 Å². The first-order valence-corrected chi connectivity index (χ1v) is 9.40. The van der Waals surface area contributed by atoms with Crippen LogP contribution in [0.3, 0.4) is 0 Å². The smallest absolute Gasteiger partial charge is 0.227 e. The fourth-order valence-corrected chi connectivity index (χ4v) is 4.28. The third kappa shape index (κ3) is 4.06. The Labute approximate surface area is 142 Å². The van der Waals surface area contributed by atoms with Crippen LogP contribution in [0.1, 0.15) is 57.8 Å². The topological polar surface area (TPSA) is 40.6 Å². The fraction of sp³-hybridized carbons (Fsp3) is 0.889. The molecule has 0 atom stereocenters. The number of alkyl halides is 2. The van der Waals surface area contributed by atoms with Crippen LogP contribution in [0.25, 0.3) is 0 Å². The van der Waals surface area contributed by atoms with Crippen LogP contribution in [-0.4, -0.2) is 53.7 Å². The summed E-state index contributed by atoms with van der Waals surface area (Å²) in [5.74, 6) is -0.0261. The maximum Gasteiger partial charge on any atom is 0.227 e. The minimum absolute atomic E-state index is 0.0758. The van der Waals surface area contributed by atoms with E-state index in [0.717, 1.165) is 6.42 Å². The molecule has 1 heterocycles. The first-order valence-electron chi connectivity index (χ1n) is 9.40. The highest BCUT2D eigenvalue weighted by Crippen LogP contribution is 2.30. The van der Waals surface area contributed by atoms with Crippen LogP contribution in [0.4, 0.5) is 8.78 Å². The molecule has 0 aromatic rings. The summed E-state index contributed by atoms with van der Waals surface area (Å²) in [4.78, 5) is 28.9. The third-order valence-electron chi connectivity index (χ3n) is 5.83. The zero-order valence-electron chi connectivity index (χ0n) is 14.3. The summed E-state index contributed by atoms with van der Waals surface area (Å²) in [5.41, 5.74) is 0. The number of nitrogens with zero attached hydrogens (tertiary/aromatic N) is 2. The molecule has 136 valence electrons. The van der Waals surface area contributed by atoms with Gasteiger partial charge in [0.05, 0.1) is 6.67 Å². The lowest BCUT2D eigenvalue weighted by atomic mass is 9.86. The van der Waals surface area contributed by atoms with Gasteiger partial charge >= 0.3 is 0 Å². The molecule has 1 aliphatic heterocycles. The second-order valence-corrected chi connectivity index (χ2v) is 7.60. The van der Waals surface area contributed by atoms with Crippen molar-refractivity contribution in [2.75, 3.05) is 19.8 Å². The Kier molecular flexibility index (Phi) is 5.72. The third-order valence-corrected chi connectivity index (χ3v) is 5.83. The van der Waals surface area contributed by atoms with E-state index in [9.17, 15) is 18.4 Å². The Morgan fingerprint density at radius 1 is 0.667 bits per heavy atom. The van der Waals surface area contributed by atoms with Crippen molar-refractivity contribution in [3.63, 3.8) is 0 Å². The summed E-state index contributed by atoms with van der Waals surface area (Å²) in [5, 5.41) is 0. The zero-order chi connectivity index (χ0) is 17.1. The van der Waals surface area contributed by atoms with E-state index in [1.807, 2.05) is 0 Å². The largest absolute Gasteiger partial charge is 0.325 e. The summed E-state index contributed by atoms with van der Waals surface area (Å²) in [6.07, 6.45) is 3.61. The lowest BCUT2D eigenvalue weighted by Gasteiger charge is -2.40. The Morgan fingerprint density at radius 3 is 1.42 bits per heavy atom. The lowest BCUT2D eigenvalue weighted by Crippen LogP contribution is -2.53. The van der Waals surface area contributed by atoms with Crippen molar-refractivity contribution in [2.45, 2.75) is 70.1 Å². The molecule has 1 saturated heterocycles. The summed E-state index contributed by atoms with van der Waals surface area (Å²) < 4.78 is 26.5. The van der Waals surface area contributed by atoms with Gasteiger partial charge in [0.15, 0.2) is 0 Å². The van der Waals surface area contributed by atoms with Gasteiger partial charge in [0.25, 0.3) is 0 Å². The summed E-state index contributed by atoms with van der Waals surface area (Å²) in [6.45, 7) is 1.70. The van der Waals surface area contributed by atoms with Crippen molar-refractivity contribution >= 4 is 11.8 Å². The molecule has 3 aliphatic rings. The molecule has 3 fully saturated rings. The molecule has 6 heteroatoms. The average Bonchev–Trinajstić information content (AvgIpc) is 2.62. The van der Waals surface area contributed by atoms with Crippen LogP contribution in [-0.2, 0) is 9.59 Å². The van der Waals surface area contributed by atoms with Crippen molar-refractivity contribution in [3.8, 4) is 0 Å². The van der Waals surface area contributed by atoms with E-state index in [0.29, 0.717) is 71.1 Å². The van der Waals surface area contributed by atoms with Gasteiger partial charge in [-0.1, -0.05) is 0 Å². The summed E-state index contributed by atoms with van der Waals surface area (Å²) in [6, 6.07) is 0. The van der Waals surface area contributed by atoms with E-state index in [-0.39, 0.29) is 23.7 Å². The standard InChI is InChI=1S/C18H28F2N2O2/c19-15-6-2-13(3-7-15)17(23)21-10-1-11-22(12-21)18(24)14-4-8-16(20)9-5-14/h13-16H,1-12H2. The van der Waals surface area contributed by atoms with Gasteiger partial charge in [-0.2, -0.15) is 0 Å². The molecular formula is C18H28F2N2O2. The van der Waals surface area contributed by atoms with Gasteiger partial charge < -0.3 is 9.80 Å². The van der Waals surface area contributed by atoms with Gasteiger partial charge in [-0.25, -0.2) is 8.78 Å². The van der Waals surface area contributed by atoms with Gasteiger partial charge in [-0.05, 0) is 57.8 Å². The molecule has 2 aliphatic carbocycles. The second-order valence-electron chi connectivity index (χ2n) is 7.60. The molecule has 2 amide bonds. The number of carbonyl (C=O) groups is 2. The van der Waals surface area contributed by atoms with E-state index < -0.39 is 12.3 Å². The van der Waals surface area contributed by atoms with Crippen LogP contribution < -0.4 is 0 Å². The quantitative estimate of drug-likeness (QED) is 0.774. The molecule has 0 radical (unpaired) electrons. The highest BCUT2D eigenvalue weighted by atomic mass is 19.1. The predicted molar refractivity (Wildman–Crippen MR) is 86.6 cm³/mol. The SMILES string of the molecule is O=C(C1CCC(F)CC1)N1CCCN(C(=O)C2CCC(F)CC2)C1. The predicted octanol–water partition coefficient (Wildman–Crippen LogP) is 3.06. The minimum atomic E-state index is -0.765. The van der Waals surface area contributed by atoms with Gasteiger partial charge in [-0.3, -0.25) is 9.59 Å². The Morgan fingerprint density at radius 2 is 1.04 bits per heavy atom. The van der Waals surface area contributed by atoms with Crippen molar-refractivity contribution in [1.82, 2.24) is 9.80 Å². The number of hydrogen-bond acceptors (Lipinski definition) is 2. The van der Waals surface area contributed by atoms with Crippen molar-refractivity contribution < 1.29 is 18.4 Å². The van der Waals surface area contributed by atoms with Crippen LogP contribution in [0.15, 0.2) is 0 Å². The molecule has 2 saturated carbocycles. The average molecular weight is 342 g/mol. The van der Waals surface area contributed by atoms with E-state index in [4.69, 9.17) is 0 Å².